The van der Waals surface area contributed by atoms with E-state index in [-0.39, 0.29) is 41.6 Å². The predicted molar refractivity (Wildman–Crippen MR) is 247 cm³/mol. The van der Waals surface area contributed by atoms with E-state index in [4.69, 9.17) is 14.5 Å². The number of carbonyl (C=O) groups is 5. The van der Waals surface area contributed by atoms with Crippen LogP contribution in [0.4, 0.5) is 15.9 Å². The van der Waals surface area contributed by atoms with Gasteiger partial charge >= 0.3 is 0 Å². The number of anilines is 2. The van der Waals surface area contributed by atoms with E-state index in [1.807, 2.05) is 41.0 Å². The maximum atomic E-state index is 15.4. The second-order valence-corrected chi connectivity index (χ2v) is 18.4. The number of nitrogens with one attached hydrogen (secondary N) is 2. The largest absolute Gasteiger partial charge is 0.493 e. The van der Waals surface area contributed by atoms with E-state index in [1.165, 1.54) is 6.07 Å². The molecule has 4 aromatic rings. The standard InChI is InChI=1S/C48H56BrFN8O7/c1-29(32-9-8-10-33(49)23-32)51-45-36-26-41(64-3)42(27-38(36)52-30(2)53-45)65-22-7-5-4-6-11-44(60)57-16-14-31(15-17-57)28-55-18-20-56(21-19-55)40-25-35-34(24-37(40)50)47(62)58(48(35)63)39-12-13-43(59)54-46(39)61/h8-10,23-27,29,31,39H,4-7,11-22,28H2,1-3H3,(H,51,52,53)(H,54,59,61)/t29-,39?/m1/s1. The van der Waals surface area contributed by atoms with Crippen molar-refractivity contribution in [3.05, 3.63) is 81.3 Å². The first-order valence-electron chi connectivity index (χ1n) is 22.7. The average molecular weight is 956 g/mol. The Labute approximate surface area is 386 Å². The lowest BCUT2D eigenvalue weighted by atomic mass is 9.95. The maximum Gasteiger partial charge on any atom is 0.262 e. The molecule has 8 rings (SSSR count). The van der Waals surface area contributed by atoms with Crippen LogP contribution < -0.4 is 25.0 Å². The fourth-order valence-corrected chi connectivity index (χ4v) is 9.81. The molecule has 0 saturated carbocycles. The predicted octanol–water partition coefficient (Wildman–Crippen LogP) is 6.81. The smallest absolute Gasteiger partial charge is 0.262 e. The summed E-state index contributed by atoms with van der Waals surface area (Å²) in [6, 6.07) is 13.5. The minimum atomic E-state index is -1.10. The van der Waals surface area contributed by atoms with Crippen LogP contribution in [0.3, 0.4) is 0 Å². The lowest BCUT2D eigenvalue weighted by molar-refractivity contribution is -0.136. The lowest BCUT2D eigenvalue weighted by Gasteiger charge is -2.39. The van der Waals surface area contributed by atoms with Gasteiger partial charge in [0, 0.05) is 74.6 Å². The molecule has 0 aliphatic carbocycles. The fourth-order valence-electron chi connectivity index (χ4n) is 9.39. The van der Waals surface area contributed by atoms with E-state index >= 15 is 4.39 Å². The molecule has 1 aromatic heterocycles. The third kappa shape index (κ3) is 10.4. The highest BCUT2D eigenvalue weighted by Crippen LogP contribution is 2.37. The molecule has 1 unspecified atom stereocenters. The number of aryl methyl sites for hydroxylation is 1. The lowest BCUT2D eigenvalue weighted by Crippen LogP contribution is -2.54. The SMILES string of the molecule is COc1cc2c(N[C@H](C)c3cccc(Br)c3)nc(C)nc2cc1OCCCCCCC(=O)N1CCC(CN2CCN(c3cc4c(cc3F)C(=O)N(C3CCC(=O)NC3=O)C4=O)CC2)CC1. The molecule has 65 heavy (non-hydrogen) atoms. The number of ether oxygens (including phenoxy) is 2. The first-order valence-corrected chi connectivity index (χ1v) is 23.5. The number of hydrogen-bond donors (Lipinski definition) is 2. The Morgan fingerprint density at radius 1 is 0.908 bits per heavy atom. The van der Waals surface area contributed by atoms with Crippen molar-refractivity contribution in [2.45, 2.75) is 83.7 Å². The molecule has 4 aliphatic rings. The van der Waals surface area contributed by atoms with E-state index in [9.17, 15) is 24.0 Å². The highest BCUT2D eigenvalue weighted by molar-refractivity contribution is 9.10. The van der Waals surface area contributed by atoms with Gasteiger partial charge in [0.25, 0.3) is 11.8 Å². The van der Waals surface area contributed by atoms with Crippen LogP contribution in [-0.2, 0) is 14.4 Å². The molecule has 0 spiro atoms. The summed E-state index contributed by atoms with van der Waals surface area (Å²) < 4.78 is 28.4. The highest BCUT2D eigenvalue weighted by atomic mass is 79.9. The number of nitrogens with zero attached hydrogens (tertiary/aromatic N) is 6. The number of imide groups is 2. The zero-order chi connectivity index (χ0) is 45.8. The van der Waals surface area contributed by atoms with Gasteiger partial charge in [-0.3, -0.25) is 39.1 Å². The monoisotopic (exact) mass is 954 g/mol. The van der Waals surface area contributed by atoms with Gasteiger partial charge in [-0.25, -0.2) is 14.4 Å². The summed E-state index contributed by atoms with van der Waals surface area (Å²) in [4.78, 5) is 80.1. The Morgan fingerprint density at radius 3 is 2.37 bits per heavy atom. The Morgan fingerprint density at radius 2 is 1.65 bits per heavy atom. The minimum Gasteiger partial charge on any atom is -0.493 e. The number of rotatable bonds is 16. The van der Waals surface area contributed by atoms with Crippen LogP contribution in [0.1, 0.15) is 103 Å². The van der Waals surface area contributed by atoms with Gasteiger partial charge in [-0.05, 0) is 87.8 Å². The number of methoxy groups -OCH3 is 1. The van der Waals surface area contributed by atoms with Crippen molar-refractivity contribution in [3.63, 3.8) is 0 Å². The molecule has 5 amide bonds. The second-order valence-electron chi connectivity index (χ2n) is 17.5. The molecule has 2 atom stereocenters. The van der Waals surface area contributed by atoms with Gasteiger partial charge in [-0.15, -0.1) is 0 Å². The van der Waals surface area contributed by atoms with E-state index < -0.39 is 35.5 Å². The first-order chi connectivity index (χ1) is 31.4. The van der Waals surface area contributed by atoms with Crippen LogP contribution in [0, 0.1) is 18.7 Å². The Hall–Kier alpha value is -5.68. The van der Waals surface area contributed by atoms with E-state index in [1.54, 1.807) is 7.11 Å². The van der Waals surface area contributed by atoms with Crippen molar-refractivity contribution in [1.82, 2.24) is 30.0 Å². The number of aromatic nitrogens is 2. The molecule has 2 N–H and O–H groups in total. The Bertz CT molecular complexity index is 2470. The number of piperidine rings is 2. The Kier molecular flexibility index (Phi) is 14.3. The average Bonchev–Trinajstić information content (AvgIpc) is 3.52. The molecule has 0 bridgehead atoms. The van der Waals surface area contributed by atoms with Crippen LogP contribution in [0.15, 0.2) is 53.0 Å². The summed E-state index contributed by atoms with van der Waals surface area (Å²) in [5.74, 6) is 0.197. The number of unbranched alkanes of at least 4 members (excludes halogenated alkanes) is 3. The number of piperazine rings is 1. The van der Waals surface area contributed by atoms with Gasteiger partial charge in [0.1, 0.15) is 23.5 Å². The second kappa shape index (κ2) is 20.2. The third-order valence-corrected chi connectivity index (χ3v) is 13.5. The topological polar surface area (TPSA) is 167 Å². The zero-order valence-corrected chi connectivity index (χ0v) is 38.8. The highest BCUT2D eigenvalue weighted by Gasteiger charge is 2.45. The van der Waals surface area contributed by atoms with Crippen molar-refractivity contribution in [1.29, 1.82) is 0 Å². The van der Waals surface area contributed by atoms with Gasteiger partial charge in [0.05, 0.1) is 42.1 Å². The summed E-state index contributed by atoms with van der Waals surface area (Å²) in [5, 5.41) is 6.58. The molecule has 344 valence electrons. The molecular formula is C48H56BrFN8O7. The van der Waals surface area contributed by atoms with Gasteiger partial charge in [0.15, 0.2) is 11.5 Å². The number of likely N-dealkylation sites (tertiary alicyclic amines) is 1. The van der Waals surface area contributed by atoms with Gasteiger partial charge in [-0.2, -0.15) is 0 Å². The normalized spacial score (nSPS) is 18.8. The van der Waals surface area contributed by atoms with Crippen molar-refractivity contribution in [3.8, 4) is 11.5 Å². The molecule has 17 heteroatoms. The Balaban J connectivity index is 0.728. The van der Waals surface area contributed by atoms with Gasteiger partial charge in [0.2, 0.25) is 17.7 Å². The molecule has 3 aromatic carbocycles. The van der Waals surface area contributed by atoms with Crippen molar-refractivity contribution in [2.75, 3.05) is 69.7 Å². The molecule has 4 aliphatic heterocycles. The zero-order valence-electron chi connectivity index (χ0n) is 37.2. The van der Waals surface area contributed by atoms with Crippen molar-refractivity contribution < 1.29 is 37.8 Å². The summed E-state index contributed by atoms with van der Waals surface area (Å²) in [6.45, 7) is 9.44. The minimum absolute atomic E-state index is 0.0134. The first kappa shape index (κ1) is 45.9. The number of hydrogen-bond acceptors (Lipinski definition) is 12. The third-order valence-electron chi connectivity index (χ3n) is 13.0. The van der Waals surface area contributed by atoms with Crippen LogP contribution in [0.2, 0.25) is 0 Å². The summed E-state index contributed by atoms with van der Waals surface area (Å²) >= 11 is 3.56. The number of fused-ring (bicyclic) bond motifs is 2. The van der Waals surface area contributed by atoms with Crippen molar-refractivity contribution >= 4 is 67.9 Å². The van der Waals surface area contributed by atoms with E-state index in [2.05, 4.69) is 55.5 Å². The number of carbonyl (C=O) groups excluding carboxylic acids is 5. The fraction of sp³-hybridized carbons (Fsp3) is 0.479. The van der Waals surface area contributed by atoms with E-state index in [0.29, 0.717) is 62.4 Å². The molecule has 5 heterocycles. The van der Waals surface area contributed by atoms with Crippen LogP contribution in [-0.4, -0.2) is 120 Å². The molecular weight excluding hydrogens is 899 g/mol. The summed E-state index contributed by atoms with van der Waals surface area (Å²) in [6.07, 6.45) is 6.04. The summed E-state index contributed by atoms with van der Waals surface area (Å²) in [5.41, 5.74) is 2.16. The molecule has 15 nitrogen and oxygen atoms in total. The van der Waals surface area contributed by atoms with Crippen LogP contribution in [0.5, 0.6) is 11.5 Å². The van der Waals surface area contributed by atoms with E-state index in [0.717, 1.165) is 95.9 Å². The summed E-state index contributed by atoms with van der Waals surface area (Å²) in [7, 11) is 1.63. The number of benzene rings is 3. The molecule has 0 radical (unpaired) electrons. The molecule has 3 fully saturated rings. The van der Waals surface area contributed by atoms with Crippen LogP contribution in [0.25, 0.3) is 10.9 Å². The van der Waals surface area contributed by atoms with Gasteiger partial charge < -0.3 is 24.6 Å². The van der Waals surface area contributed by atoms with Crippen molar-refractivity contribution in [2.24, 2.45) is 5.92 Å². The molecule has 3 saturated heterocycles. The maximum absolute atomic E-state index is 15.4. The van der Waals surface area contributed by atoms with Gasteiger partial charge in [-0.1, -0.05) is 40.9 Å². The van der Waals surface area contributed by atoms with Crippen LogP contribution >= 0.6 is 15.9 Å². The quantitative estimate of drug-likeness (QED) is 0.0892. The number of halogens is 2. The number of amides is 5.